The van der Waals surface area contributed by atoms with Crippen molar-refractivity contribution in [1.82, 2.24) is 0 Å². The summed E-state index contributed by atoms with van der Waals surface area (Å²) < 4.78 is 44.6. The Morgan fingerprint density at radius 1 is 0.923 bits per heavy atom. The van der Waals surface area contributed by atoms with E-state index in [1.807, 2.05) is 43.6 Å². The van der Waals surface area contributed by atoms with Crippen LogP contribution in [0.3, 0.4) is 0 Å². The monoisotopic (exact) mass is 347 g/mol. The second-order valence-electron chi connectivity index (χ2n) is 6.89. The van der Waals surface area contributed by atoms with Gasteiger partial charge in [0.15, 0.2) is 6.20 Å². The molecule has 0 aliphatic heterocycles. The molecule has 1 saturated carbocycles. The van der Waals surface area contributed by atoms with Crippen molar-refractivity contribution in [3.8, 4) is 22.4 Å². The Hall–Kier alpha value is -2.41. The Balaban J connectivity index is 1.74. The summed E-state index contributed by atoms with van der Waals surface area (Å²) in [5, 5.41) is 0. The minimum atomic E-state index is -1.92. The van der Waals surface area contributed by atoms with E-state index >= 15 is 0 Å². The lowest BCUT2D eigenvalue weighted by Gasteiger charge is -2.22. The van der Waals surface area contributed by atoms with Crippen LogP contribution < -0.4 is 4.57 Å². The van der Waals surface area contributed by atoms with Gasteiger partial charge >= 0.3 is 0 Å². The Kier molecular flexibility index (Phi) is 3.46. The summed E-state index contributed by atoms with van der Waals surface area (Å²) in [7, 11) is 2.02. The van der Waals surface area contributed by atoms with Crippen molar-refractivity contribution in [2.24, 2.45) is 7.05 Å². The molecule has 26 heavy (non-hydrogen) atoms. The summed E-state index contributed by atoms with van der Waals surface area (Å²) >= 11 is 0. The van der Waals surface area contributed by atoms with E-state index in [0.29, 0.717) is 12.0 Å². The highest BCUT2D eigenvalue weighted by Crippen LogP contribution is 2.34. The molecule has 0 unspecified atom stereocenters. The Bertz CT molecular complexity index is 1090. The summed E-state index contributed by atoms with van der Waals surface area (Å²) in [5.74, 6) is -1.92. The summed E-state index contributed by atoms with van der Waals surface area (Å²) in [6, 6.07) is 19.6. The molecule has 1 heterocycles. The van der Waals surface area contributed by atoms with Crippen molar-refractivity contribution in [3.05, 3.63) is 78.0 Å². The van der Waals surface area contributed by atoms with Gasteiger partial charge in [0.25, 0.3) is 0 Å². The van der Waals surface area contributed by atoms with Gasteiger partial charge in [-0.25, -0.2) is 4.57 Å². The van der Waals surface area contributed by atoms with E-state index in [9.17, 15) is 0 Å². The highest BCUT2D eigenvalue weighted by atomic mass is 14.9. The summed E-state index contributed by atoms with van der Waals surface area (Å²) in [6.45, 7) is 2.09. The van der Waals surface area contributed by atoms with E-state index in [4.69, 9.17) is 6.85 Å². The van der Waals surface area contributed by atoms with E-state index in [-0.39, 0.29) is 12.8 Å². The first-order valence-electron chi connectivity index (χ1n) is 11.7. The summed E-state index contributed by atoms with van der Waals surface area (Å²) in [4.78, 5) is 0. The van der Waals surface area contributed by atoms with Crippen LogP contribution in [0.1, 0.15) is 55.9 Å². The van der Waals surface area contributed by atoms with E-state index in [1.54, 1.807) is 12.1 Å². The lowest BCUT2D eigenvalue weighted by atomic mass is 9.84. The predicted octanol–water partition coefficient (Wildman–Crippen LogP) is 6.20. The molecule has 2 aromatic carbocycles. The number of nitrogens with zero attached hydrogens (tertiary/aromatic N) is 1. The van der Waals surface area contributed by atoms with E-state index in [2.05, 4.69) is 29.7 Å². The normalized spacial score (nSPS) is 23.1. The predicted molar refractivity (Wildman–Crippen MR) is 109 cm³/mol. The second kappa shape index (κ2) is 7.45. The number of rotatable bonds is 3. The molecule has 4 rings (SSSR count). The van der Waals surface area contributed by atoms with Gasteiger partial charge in [-0.3, -0.25) is 0 Å². The minimum absolute atomic E-state index is 0.201. The van der Waals surface area contributed by atoms with Crippen molar-refractivity contribution < 1.29 is 11.4 Å². The van der Waals surface area contributed by atoms with Crippen LogP contribution in [0.25, 0.3) is 22.4 Å². The molecule has 0 radical (unpaired) electrons. The zero-order valence-electron chi connectivity index (χ0n) is 20.4. The average Bonchev–Trinajstić information content (AvgIpc) is 2.73. The topological polar surface area (TPSA) is 3.88 Å². The maximum atomic E-state index is 8.89. The summed E-state index contributed by atoms with van der Waals surface area (Å²) in [5.41, 5.74) is 5.83. The second-order valence-corrected chi connectivity index (χ2v) is 6.89. The third kappa shape index (κ3) is 3.44. The van der Waals surface area contributed by atoms with Gasteiger partial charge in [-0.2, -0.15) is 0 Å². The molecule has 1 aromatic heterocycles. The fourth-order valence-corrected chi connectivity index (χ4v) is 3.49. The Morgan fingerprint density at radius 3 is 2.38 bits per heavy atom. The number of hydrogen-bond donors (Lipinski definition) is 0. The van der Waals surface area contributed by atoms with Gasteiger partial charge in [-0.1, -0.05) is 61.7 Å². The highest BCUT2D eigenvalue weighted by Gasteiger charge is 2.16. The van der Waals surface area contributed by atoms with Gasteiger partial charge in [0.2, 0.25) is 5.69 Å². The molecular weight excluding hydrogens is 314 g/mol. The van der Waals surface area contributed by atoms with Crippen LogP contribution >= 0.6 is 0 Å². The van der Waals surface area contributed by atoms with Crippen LogP contribution in [0.4, 0.5) is 0 Å². The number of hydrogen-bond acceptors (Lipinski definition) is 0. The molecule has 1 aliphatic carbocycles. The van der Waals surface area contributed by atoms with Gasteiger partial charge < -0.3 is 0 Å². The summed E-state index contributed by atoms with van der Waals surface area (Å²) in [6.07, 6.45) is -0.959. The third-order valence-electron chi connectivity index (χ3n) is 5.03. The average molecular weight is 348 g/mol. The fraction of sp³-hybridized carbons (Fsp3) is 0.320. The van der Waals surface area contributed by atoms with E-state index in [1.165, 1.54) is 5.56 Å². The van der Waals surface area contributed by atoms with Crippen LogP contribution in [-0.2, 0) is 7.05 Å². The van der Waals surface area contributed by atoms with Crippen molar-refractivity contribution in [1.29, 1.82) is 0 Å². The molecule has 1 heteroatoms. The Morgan fingerprint density at radius 2 is 1.65 bits per heavy atom. The van der Waals surface area contributed by atoms with Gasteiger partial charge in [-0.05, 0) is 53.9 Å². The molecule has 0 saturated heterocycles. The molecule has 132 valence electrons. The SMILES string of the molecule is [2H]C1([2H])CCCC([2H])([2H])C1([2H])c1ccc(-c2cc[n+](C)c(-c3ccccc3C)c2)cc1. The third-order valence-corrected chi connectivity index (χ3v) is 5.03. The fourth-order valence-electron chi connectivity index (χ4n) is 3.49. The smallest absolute Gasteiger partial charge is 0.201 e. The molecular formula is C25H28N+. The molecule has 0 amide bonds. The van der Waals surface area contributed by atoms with Crippen LogP contribution in [0.2, 0.25) is 0 Å². The van der Waals surface area contributed by atoms with Crippen LogP contribution in [0.15, 0.2) is 66.9 Å². The van der Waals surface area contributed by atoms with Gasteiger partial charge in [0.05, 0.1) is 0 Å². The number of aromatic nitrogens is 1. The minimum Gasteiger partial charge on any atom is -0.201 e. The molecule has 1 nitrogen and oxygen atoms in total. The highest BCUT2D eigenvalue weighted by molar-refractivity contribution is 5.70. The molecule has 3 aromatic rings. The maximum absolute atomic E-state index is 8.89. The maximum Gasteiger partial charge on any atom is 0.213 e. The first-order valence-corrected chi connectivity index (χ1v) is 9.23. The molecule has 0 bridgehead atoms. The van der Waals surface area contributed by atoms with Gasteiger partial charge in [-0.15, -0.1) is 0 Å². The lowest BCUT2D eigenvalue weighted by Crippen LogP contribution is -2.30. The molecule has 0 N–H and O–H groups in total. The first-order chi connectivity index (χ1) is 14.6. The first kappa shape index (κ1) is 12.1. The van der Waals surface area contributed by atoms with Crippen LogP contribution in [0.5, 0.6) is 0 Å². The van der Waals surface area contributed by atoms with Crippen molar-refractivity contribution in [2.75, 3.05) is 0 Å². The number of benzene rings is 2. The van der Waals surface area contributed by atoms with Crippen molar-refractivity contribution >= 4 is 0 Å². The van der Waals surface area contributed by atoms with Gasteiger partial charge in [0.1, 0.15) is 7.05 Å². The van der Waals surface area contributed by atoms with Gasteiger partial charge in [0, 0.05) is 24.5 Å². The zero-order chi connectivity index (χ0) is 22.4. The molecule has 1 fully saturated rings. The number of aryl methyl sites for hydroxylation is 2. The lowest BCUT2D eigenvalue weighted by molar-refractivity contribution is -0.660. The van der Waals surface area contributed by atoms with E-state index < -0.39 is 18.6 Å². The van der Waals surface area contributed by atoms with E-state index in [0.717, 1.165) is 22.4 Å². The van der Waals surface area contributed by atoms with Crippen LogP contribution in [0, 0.1) is 6.92 Å². The zero-order valence-corrected chi connectivity index (χ0v) is 15.4. The molecule has 0 spiro atoms. The molecule has 0 atom stereocenters. The standard InChI is InChI=1S/C25H28N/c1-19-8-6-7-11-24(19)25-18-23(16-17-26(25)2)22-14-12-21(13-15-22)20-9-4-3-5-10-20/h6-8,11-18,20H,3-5,9-10H2,1-2H3/q+1/i9D2,10D2,20D. The van der Waals surface area contributed by atoms with Crippen molar-refractivity contribution in [2.45, 2.75) is 44.8 Å². The largest absolute Gasteiger partial charge is 0.213 e. The van der Waals surface area contributed by atoms with Crippen LogP contribution in [-0.4, -0.2) is 0 Å². The molecule has 1 aliphatic rings. The van der Waals surface area contributed by atoms with Crippen molar-refractivity contribution in [3.63, 3.8) is 0 Å². The quantitative estimate of drug-likeness (QED) is 0.497. The number of pyridine rings is 1. The Labute approximate surface area is 164 Å².